The summed E-state index contributed by atoms with van der Waals surface area (Å²) in [6, 6.07) is 12.3. The van der Waals surface area contributed by atoms with Crippen LogP contribution in [0.3, 0.4) is 0 Å². The number of carbonyl (C=O) groups is 3. The normalized spacial score (nSPS) is 17.2. The molecule has 1 aromatic heterocycles. The van der Waals surface area contributed by atoms with Crippen molar-refractivity contribution in [1.29, 1.82) is 0 Å². The number of aliphatic hydroxyl groups excluding tert-OH is 1. The first-order valence-corrected chi connectivity index (χ1v) is 13.3. The van der Waals surface area contributed by atoms with E-state index in [1.54, 1.807) is 19.9 Å². The summed E-state index contributed by atoms with van der Waals surface area (Å²) < 4.78 is 5.14. The summed E-state index contributed by atoms with van der Waals surface area (Å²) in [6.45, 7) is 13.6. The molecule has 1 amide bonds. The summed E-state index contributed by atoms with van der Waals surface area (Å²) >= 11 is 0.995. The molecule has 1 aliphatic rings. The van der Waals surface area contributed by atoms with Gasteiger partial charge in [0.05, 0.1) is 23.9 Å². The third kappa shape index (κ3) is 4.88. The zero-order valence-electron chi connectivity index (χ0n) is 22.7. The summed E-state index contributed by atoms with van der Waals surface area (Å²) in [7, 11) is 0. The molecule has 8 heteroatoms. The summed E-state index contributed by atoms with van der Waals surface area (Å²) in [5.74, 6) is -2.40. The van der Waals surface area contributed by atoms with E-state index in [9.17, 15) is 19.5 Å². The number of aliphatic hydroxyl groups is 1. The third-order valence-electron chi connectivity index (χ3n) is 6.64. The Morgan fingerprint density at radius 2 is 1.74 bits per heavy atom. The molecule has 2 aromatic carbocycles. The molecule has 3 aromatic rings. The highest BCUT2D eigenvalue weighted by Crippen LogP contribution is 2.44. The Bertz CT molecular complexity index is 1460. The van der Waals surface area contributed by atoms with E-state index in [0.717, 1.165) is 28.0 Å². The van der Waals surface area contributed by atoms with E-state index in [2.05, 4.69) is 25.8 Å². The van der Waals surface area contributed by atoms with Gasteiger partial charge in [0, 0.05) is 5.56 Å². The van der Waals surface area contributed by atoms with E-state index < -0.39 is 23.7 Å². The minimum Gasteiger partial charge on any atom is -0.507 e. The molecule has 4 rings (SSSR count). The lowest BCUT2D eigenvalue weighted by Crippen LogP contribution is -2.29. The number of amides is 1. The van der Waals surface area contributed by atoms with Crippen LogP contribution in [0.25, 0.3) is 5.76 Å². The molecule has 0 spiro atoms. The number of nitrogens with zero attached hydrogens (tertiary/aromatic N) is 2. The van der Waals surface area contributed by atoms with Crippen LogP contribution >= 0.6 is 11.3 Å². The Labute approximate surface area is 226 Å². The number of ketones is 1. The number of aryl methyl sites for hydroxylation is 3. The van der Waals surface area contributed by atoms with Crippen LogP contribution in [0, 0.1) is 20.8 Å². The van der Waals surface area contributed by atoms with Crippen LogP contribution in [-0.2, 0) is 19.7 Å². The molecule has 2 heterocycles. The van der Waals surface area contributed by atoms with Gasteiger partial charge >= 0.3 is 11.9 Å². The Morgan fingerprint density at radius 1 is 1.08 bits per heavy atom. The molecule has 0 bridgehead atoms. The van der Waals surface area contributed by atoms with Crippen LogP contribution in [0.1, 0.15) is 76.9 Å². The van der Waals surface area contributed by atoms with Crippen molar-refractivity contribution in [3.8, 4) is 0 Å². The summed E-state index contributed by atoms with van der Waals surface area (Å²) in [5.41, 5.74) is 4.20. The summed E-state index contributed by atoms with van der Waals surface area (Å²) in [4.78, 5) is 45.5. The first-order valence-electron chi connectivity index (χ1n) is 12.5. The van der Waals surface area contributed by atoms with Crippen molar-refractivity contribution in [2.45, 2.75) is 59.9 Å². The van der Waals surface area contributed by atoms with Crippen molar-refractivity contribution < 1.29 is 24.2 Å². The predicted molar refractivity (Wildman–Crippen MR) is 149 cm³/mol. The molecule has 1 fully saturated rings. The predicted octanol–water partition coefficient (Wildman–Crippen LogP) is 6.17. The molecular formula is C30H32N2O5S. The van der Waals surface area contributed by atoms with Crippen LogP contribution in [0.5, 0.6) is 0 Å². The number of thiazole rings is 1. The van der Waals surface area contributed by atoms with Gasteiger partial charge in [0.1, 0.15) is 10.6 Å². The van der Waals surface area contributed by atoms with Crippen LogP contribution in [0.2, 0.25) is 0 Å². The molecule has 1 unspecified atom stereocenters. The Kier molecular flexibility index (Phi) is 7.30. The molecule has 1 aliphatic heterocycles. The molecule has 0 saturated carbocycles. The smallest absolute Gasteiger partial charge is 0.350 e. The second kappa shape index (κ2) is 10.2. The first kappa shape index (κ1) is 27.3. The van der Waals surface area contributed by atoms with Gasteiger partial charge in [-0.05, 0) is 55.9 Å². The van der Waals surface area contributed by atoms with E-state index in [1.807, 2.05) is 50.2 Å². The third-order valence-corrected chi connectivity index (χ3v) is 7.77. The second-order valence-electron chi connectivity index (χ2n) is 10.5. The van der Waals surface area contributed by atoms with Gasteiger partial charge < -0.3 is 9.84 Å². The zero-order valence-corrected chi connectivity index (χ0v) is 23.5. The quantitative estimate of drug-likeness (QED) is 0.183. The maximum absolute atomic E-state index is 13.5. The van der Waals surface area contributed by atoms with Crippen molar-refractivity contribution in [2.75, 3.05) is 11.5 Å². The first-order chi connectivity index (χ1) is 17.8. The average molecular weight is 533 g/mol. The van der Waals surface area contributed by atoms with Crippen LogP contribution < -0.4 is 4.90 Å². The van der Waals surface area contributed by atoms with Crippen molar-refractivity contribution >= 4 is 39.9 Å². The number of hydrogen-bond donors (Lipinski definition) is 1. The van der Waals surface area contributed by atoms with E-state index in [0.29, 0.717) is 16.8 Å². The largest absolute Gasteiger partial charge is 0.507 e. The molecular weight excluding hydrogens is 500 g/mol. The molecule has 7 nitrogen and oxygen atoms in total. The highest BCUT2D eigenvalue weighted by molar-refractivity contribution is 7.17. The summed E-state index contributed by atoms with van der Waals surface area (Å²) in [5, 5.41) is 11.7. The number of ether oxygens (including phenoxy) is 1. The van der Waals surface area contributed by atoms with Crippen LogP contribution in [-0.4, -0.2) is 34.4 Å². The van der Waals surface area contributed by atoms with E-state index >= 15 is 0 Å². The fourth-order valence-electron chi connectivity index (χ4n) is 4.52. The van der Waals surface area contributed by atoms with Gasteiger partial charge in [0.25, 0.3) is 5.78 Å². The van der Waals surface area contributed by atoms with E-state index in [-0.39, 0.29) is 33.4 Å². The number of carbonyl (C=O) groups excluding carboxylic acids is 3. The molecule has 1 N–H and O–H groups in total. The Morgan fingerprint density at radius 3 is 2.34 bits per heavy atom. The Hall–Kier alpha value is -3.78. The van der Waals surface area contributed by atoms with Crippen LogP contribution in [0.4, 0.5) is 5.13 Å². The maximum Gasteiger partial charge on any atom is 0.350 e. The number of esters is 1. The molecule has 198 valence electrons. The van der Waals surface area contributed by atoms with Gasteiger partial charge in [-0.25, -0.2) is 9.78 Å². The van der Waals surface area contributed by atoms with Gasteiger partial charge in [0.2, 0.25) is 0 Å². The highest BCUT2D eigenvalue weighted by Gasteiger charge is 2.48. The minimum absolute atomic E-state index is 0.0160. The van der Waals surface area contributed by atoms with E-state index in [1.165, 1.54) is 4.90 Å². The average Bonchev–Trinajstić information content (AvgIpc) is 3.36. The number of benzene rings is 2. The standard InChI is InChI=1S/C30H32N2O5S/c1-8-37-28(36)26-18(4)31-29(38-26)32-23(19-11-13-20(14-12-19)30(5,6)7)22(25(34)27(32)35)24(33)21-15-16(2)9-10-17(21)3/h9-15,23,33H,8H2,1-7H3. The van der Waals surface area contributed by atoms with Crippen LogP contribution in [0.15, 0.2) is 48.0 Å². The fourth-order valence-corrected chi connectivity index (χ4v) is 5.51. The zero-order chi connectivity index (χ0) is 27.9. The molecule has 0 aliphatic carbocycles. The number of rotatable bonds is 5. The number of aromatic nitrogens is 1. The fraction of sp³-hybridized carbons (Fsp3) is 0.333. The Balaban J connectivity index is 1.94. The second-order valence-corrected chi connectivity index (χ2v) is 11.5. The molecule has 38 heavy (non-hydrogen) atoms. The van der Waals surface area contributed by atoms with Crippen molar-refractivity contribution in [1.82, 2.24) is 4.98 Å². The van der Waals surface area contributed by atoms with E-state index in [4.69, 9.17) is 4.74 Å². The number of hydrogen-bond acceptors (Lipinski definition) is 7. The molecule has 0 radical (unpaired) electrons. The van der Waals surface area contributed by atoms with Crippen molar-refractivity contribution in [2.24, 2.45) is 0 Å². The van der Waals surface area contributed by atoms with Gasteiger partial charge in [-0.2, -0.15) is 0 Å². The SMILES string of the molecule is CCOC(=O)c1sc(N2C(=O)C(=O)C(=C(O)c3cc(C)ccc3C)C2c2ccc(C(C)(C)C)cc2)nc1C. The van der Waals surface area contributed by atoms with Gasteiger partial charge in [-0.1, -0.05) is 74.1 Å². The molecule has 1 atom stereocenters. The monoisotopic (exact) mass is 532 g/mol. The maximum atomic E-state index is 13.5. The molecule has 1 saturated heterocycles. The minimum atomic E-state index is -0.926. The lowest BCUT2D eigenvalue weighted by atomic mass is 9.85. The number of anilines is 1. The van der Waals surface area contributed by atoms with Crippen molar-refractivity contribution in [3.63, 3.8) is 0 Å². The van der Waals surface area contributed by atoms with Gasteiger partial charge in [-0.3, -0.25) is 14.5 Å². The van der Waals surface area contributed by atoms with Gasteiger partial charge in [-0.15, -0.1) is 0 Å². The van der Waals surface area contributed by atoms with Crippen molar-refractivity contribution in [3.05, 3.63) is 86.4 Å². The lowest BCUT2D eigenvalue weighted by Gasteiger charge is -2.25. The summed E-state index contributed by atoms with van der Waals surface area (Å²) in [6.07, 6.45) is 0. The number of Topliss-reactive ketones (excluding diaryl/α,β-unsaturated/α-hetero) is 1. The van der Waals surface area contributed by atoms with Gasteiger partial charge in [0.15, 0.2) is 5.13 Å². The lowest BCUT2D eigenvalue weighted by molar-refractivity contribution is -0.132. The highest BCUT2D eigenvalue weighted by atomic mass is 32.1. The topological polar surface area (TPSA) is 96.8 Å².